The van der Waals surface area contributed by atoms with Crippen LogP contribution in [0.5, 0.6) is 0 Å². The van der Waals surface area contributed by atoms with Gasteiger partial charge in [-0.05, 0) is 12.1 Å². The fraction of sp³-hybridized carbons (Fsp3) is 0.182. The van der Waals surface area contributed by atoms with Gasteiger partial charge in [-0.25, -0.2) is 4.79 Å². The van der Waals surface area contributed by atoms with Gasteiger partial charge in [0.05, 0.1) is 0 Å². The summed E-state index contributed by atoms with van der Waals surface area (Å²) in [6.45, 7) is 0. The smallest absolute Gasteiger partial charge is 0.354 e. The van der Waals surface area contributed by atoms with Crippen LogP contribution in [0, 0.1) is 0 Å². The molecule has 1 aromatic carbocycles. The summed E-state index contributed by atoms with van der Waals surface area (Å²) in [5.74, 6) is -0.577. The molecule has 5 heteroatoms. The number of hydrogen-bond donors (Lipinski definition) is 1. The zero-order valence-corrected chi connectivity index (χ0v) is 9.32. The van der Waals surface area contributed by atoms with Crippen LogP contribution >= 0.6 is 11.6 Å². The molecule has 4 nitrogen and oxygen atoms in total. The summed E-state index contributed by atoms with van der Waals surface area (Å²) < 4.78 is 9.87. The number of rotatable bonds is 3. The second-order valence-corrected chi connectivity index (χ2v) is 3.57. The largest absolute Gasteiger partial charge is 0.425 e. The molecule has 2 rings (SSSR count). The van der Waals surface area contributed by atoms with Crippen LogP contribution in [0.1, 0.15) is 0 Å². The minimum Gasteiger partial charge on any atom is -0.425 e. The highest BCUT2D eigenvalue weighted by Crippen LogP contribution is 2.27. The third-order valence-corrected chi connectivity index (χ3v) is 2.49. The number of nitrogens with one attached hydrogen (secondary N) is 1. The molecule has 16 heavy (non-hydrogen) atoms. The van der Waals surface area contributed by atoms with Gasteiger partial charge in [0.25, 0.3) is 0 Å². The minimum atomic E-state index is -0.764. The van der Waals surface area contributed by atoms with E-state index in [1.54, 1.807) is 0 Å². The van der Waals surface area contributed by atoms with Gasteiger partial charge in [0, 0.05) is 12.8 Å². The summed E-state index contributed by atoms with van der Waals surface area (Å²) in [7, 11) is 1.44. The maximum atomic E-state index is 11.2. The van der Waals surface area contributed by atoms with Crippen molar-refractivity contribution in [2.75, 3.05) is 12.4 Å². The highest BCUT2D eigenvalue weighted by Gasteiger charge is 2.33. The molecule has 0 unspecified atom stereocenters. The van der Waals surface area contributed by atoms with E-state index in [-0.39, 0.29) is 5.03 Å². The average Bonchev–Trinajstić information content (AvgIpc) is 2.58. The Morgan fingerprint density at radius 1 is 1.38 bits per heavy atom. The van der Waals surface area contributed by atoms with Gasteiger partial charge in [0.1, 0.15) is 5.70 Å². The maximum absolute atomic E-state index is 11.2. The van der Waals surface area contributed by atoms with E-state index in [0.717, 1.165) is 5.69 Å². The average molecular weight is 240 g/mol. The number of esters is 1. The molecule has 1 aliphatic rings. The Morgan fingerprint density at radius 2 is 2.06 bits per heavy atom. The summed E-state index contributed by atoms with van der Waals surface area (Å²) in [6, 6.07) is 9.34. The molecule has 1 heterocycles. The van der Waals surface area contributed by atoms with Crippen LogP contribution in [0.2, 0.25) is 0 Å². The van der Waals surface area contributed by atoms with Gasteiger partial charge >= 0.3 is 5.97 Å². The number of carbonyl (C=O) groups is 1. The quantitative estimate of drug-likeness (QED) is 0.821. The molecule has 0 aliphatic carbocycles. The standard InChI is InChI=1S/C11H10ClNO3/c1-15-11-9(8(12)10(14)16-11)13-7-5-3-2-4-6-7/h2-6,11,13H,1H3/t11-/m0/s1. The highest BCUT2D eigenvalue weighted by molar-refractivity contribution is 6.42. The van der Waals surface area contributed by atoms with E-state index < -0.39 is 12.3 Å². The molecule has 0 amide bonds. The van der Waals surface area contributed by atoms with Crippen LogP contribution in [0.15, 0.2) is 41.1 Å². The topological polar surface area (TPSA) is 47.6 Å². The number of hydrogen-bond acceptors (Lipinski definition) is 4. The van der Waals surface area contributed by atoms with Crippen molar-refractivity contribution in [3.8, 4) is 0 Å². The molecule has 0 saturated heterocycles. The second-order valence-electron chi connectivity index (χ2n) is 3.19. The van der Waals surface area contributed by atoms with Gasteiger partial charge in [0.15, 0.2) is 5.03 Å². The Balaban J connectivity index is 2.23. The Kier molecular flexibility index (Phi) is 3.12. The van der Waals surface area contributed by atoms with Gasteiger partial charge in [-0.1, -0.05) is 29.8 Å². The van der Waals surface area contributed by atoms with Crippen molar-refractivity contribution < 1.29 is 14.3 Å². The molecule has 0 fully saturated rings. The van der Waals surface area contributed by atoms with Crippen molar-refractivity contribution in [3.05, 3.63) is 41.1 Å². The molecular formula is C11H10ClNO3. The molecule has 0 bridgehead atoms. The molecule has 0 radical (unpaired) electrons. The van der Waals surface area contributed by atoms with E-state index in [1.165, 1.54) is 7.11 Å². The molecule has 0 spiro atoms. The molecule has 0 aromatic heterocycles. The van der Waals surface area contributed by atoms with E-state index in [1.807, 2.05) is 30.3 Å². The summed E-state index contributed by atoms with van der Waals surface area (Å²) >= 11 is 5.81. The van der Waals surface area contributed by atoms with Crippen LogP contribution in [-0.2, 0) is 14.3 Å². The minimum absolute atomic E-state index is 0.0238. The Morgan fingerprint density at radius 3 is 2.69 bits per heavy atom. The third-order valence-electron chi connectivity index (χ3n) is 2.13. The summed E-state index contributed by atoms with van der Waals surface area (Å²) in [6.07, 6.45) is -0.764. The number of carbonyl (C=O) groups excluding carboxylic acids is 1. The van der Waals surface area contributed by atoms with Crippen LogP contribution in [0.25, 0.3) is 0 Å². The molecule has 1 atom stereocenters. The molecule has 1 aliphatic heterocycles. The molecular weight excluding hydrogens is 230 g/mol. The van der Waals surface area contributed by atoms with Crippen LogP contribution in [0.4, 0.5) is 5.69 Å². The van der Waals surface area contributed by atoms with Crippen LogP contribution in [-0.4, -0.2) is 19.4 Å². The maximum Gasteiger partial charge on any atom is 0.354 e. The first-order chi connectivity index (χ1) is 7.72. The van der Waals surface area contributed by atoms with Gasteiger partial charge in [-0.2, -0.15) is 0 Å². The first-order valence-corrected chi connectivity index (χ1v) is 5.05. The fourth-order valence-electron chi connectivity index (χ4n) is 1.38. The van der Waals surface area contributed by atoms with Crippen molar-refractivity contribution in [2.24, 2.45) is 0 Å². The lowest BCUT2D eigenvalue weighted by Gasteiger charge is -2.13. The van der Waals surface area contributed by atoms with E-state index in [2.05, 4.69) is 5.32 Å². The van der Waals surface area contributed by atoms with Crippen LogP contribution < -0.4 is 5.32 Å². The normalized spacial score (nSPS) is 19.9. The molecule has 1 aromatic rings. The zero-order chi connectivity index (χ0) is 11.5. The number of methoxy groups -OCH3 is 1. The van der Waals surface area contributed by atoms with Crippen molar-refractivity contribution in [2.45, 2.75) is 6.29 Å². The first-order valence-electron chi connectivity index (χ1n) is 4.68. The van der Waals surface area contributed by atoms with Crippen molar-refractivity contribution in [1.29, 1.82) is 0 Å². The second kappa shape index (κ2) is 4.55. The Labute approximate surface area is 97.8 Å². The molecule has 84 valence electrons. The summed E-state index contributed by atoms with van der Waals surface area (Å²) in [5.41, 5.74) is 1.25. The lowest BCUT2D eigenvalue weighted by atomic mass is 10.3. The number of cyclic esters (lactones) is 1. The van der Waals surface area contributed by atoms with Crippen molar-refractivity contribution in [3.63, 3.8) is 0 Å². The molecule has 0 saturated carbocycles. The first kappa shape index (κ1) is 11.0. The summed E-state index contributed by atoms with van der Waals surface area (Å²) in [5, 5.41) is 3.02. The lowest BCUT2D eigenvalue weighted by molar-refractivity contribution is -0.155. The SMILES string of the molecule is CO[C@H]1OC(=O)C(Cl)=C1Nc1ccccc1. The van der Waals surface area contributed by atoms with Crippen molar-refractivity contribution >= 4 is 23.3 Å². The Bertz CT molecular complexity index is 430. The monoisotopic (exact) mass is 239 g/mol. The number of ether oxygens (including phenoxy) is 2. The van der Waals surface area contributed by atoms with E-state index in [0.29, 0.717) is 5.70 Å². The number of para-hydroxylation sites is 1. The van der Waals surface area contributed by atoms with Gasteiger partial charge in [0.2, 0.25) is 6.29 Å². The lowest BCUT2D eigenvalue weighted by Crippen LogP contribution is -2.18. The van der Waals surface area contributed by atoms with Crippen LogP contribution in [0.3, 0.4) is 0 Å². The number of anilines is 1. The van der Waals surface area contributed by atoms with Gasteiger partial charge in [-0.3, -0.25) is 0 Å². The highest BCUT2D eigenvalue weighted by atomic mass is 35.5. The number of benzene rings is 1. The summed E-state index contributed by atoms with van der Waals surface area (Å²) in [4.78, 5) is 11.2. The fourth-order valence-corrected chi connectivity index (χ4v) is 1.56. The van der Waals surface area contributed by atoms with E-state index >= 15 is 0 Å². The zero-order valence-electron chi connectivity index (χ0n) is 8.57. The van der Waals surface area contributed by atoms with Crippen molar-refractivity contribution in [1.82, 2.24) is 0 Å². The van der Waals surface area contributed by atoms with E-state index in [4.69, 9.17) is 21.1 Å². The van der Waals surface area contributed by atoms with E-state index in [9.17, 15) is 4.79 Å². The van der Waals surface area contributed by atoms with Gasteiger partial charge < -0.3 is 14.8 Å². The predicted molar refractivity (Wildman–Crippen MR) is 59.8 cm³/mol. The van der Waals surface area contributed by atoms with Gasteiger partial charge in [-0.15, -0.1) is 0 Å². The molecule has 1 N–H and O–H groups in total. The predicted octanol–water partition coefficient (Wildman–Crippen LogP) is 2.08. The third kappa shape index (κ3) is 2.03. The number of halogens is 1. The Hall–Kier alpha value is -1.52.